The van der Waals surface area contributed by atoms with Crippen molar-refractivity contribution in [1.29, 1.82) is 0 Å². The van der Waals surface area contributed by atoms with Crippen molar-refractivity contribution in [3.63, 3.8) is 0 Å². The Balaban J connectivity index is 1.77. The summed E-state index contributed by atoms with van der Waals surface area (Å²) in [7, 11) is 1.64. The van der Waals surface area contributed by atoms with Crippen LogP contribution >= 0.6 is 0 Å². The highest BCUT2D eigenvalue weighted by atomic mass is 16.7. The minimum absolute atomic E-state index is 0.160. The van der Waals surface area contributed by atoms with Crippen LogP contribution in [-0.2, 0) is 11.2 Å². The Hall–Kier alpha value is -2.08. The second-order valence-electron chi connectivity index (χ2n) is 6.51. The van der Waals surface area contributed by atoms with Gasteiger partial charge in [0.15, 0.2) is 6.29 Å². The summed E-state index contributed by atoms with van der Waals surface area (Å²) in [5.74, 6) is 1.54. The molecule has 1 fully saturated rings. The maximum atomic E-state index is 9.68. The molecule has 2 atom stereocenters. The summed E-state index contributed by atoms with van der Waals surface area (Å²) in [6.45, 7) is 0.503. The lowest BCUT2D eigenvalue weighted by molar-refractivity contribution is -0.105. The third-order valence-electron chi connectivity index (χ3n) is 4.52. The average molecular weight is 358 g/mol. The predicted octanol–water partition coefficient (Wildman–Crippen LogP) is 3.16. The zero-order valence-electron chi connectivity index (χ0n) is 15.1. The van der Waals surface area contributed by atoms with E-state index in [0.717, 1.165) is 54.1 Å². The molecule has 0 bridgehead atoms. The number of aliphatic hydroxyl groups is 2. The van der Waals surface area contributed by atoms with Gasteiger partial charge in [-0.15, -0.1) is 0 Å². The quantitative estimate of drug-likeness (QED) is 0.796. The first-order chi connectivity index (χ1) is 12.7. The molecule has 2 aromatic carbocycles. The number of methoxy groups -OCH3 is 1. The first-order valence-electron chi connectivity index (χ1n) is 9.04. The van der Waals surface area contributed by atoms with E-state index in [2.05, 4.69) is 0 Å². The van der Waals surface area contributed by atoms with Crippen molar-refractivity contribution < 1.29 is 24.4 Å². The van der Waals surface area contributed by atoms with Gasteiger partial charge in [-0.05, 0) is 48.2 Å². The molecule has 1 heterocycles. The molecule has 26 heavy (non-hydrogen) atoms. The normalized spacial score (nSPS) is 18.3. The van der Waals surface area contributed by atoms with Crippen molar-refractivity contribution in [2.24, 2.45) is 0 Å². The van der Waals surface area contributed by atoms with Crippen molar-refractivity contribution in [2.75, 3.05) is 20.3 Å². The van der Waals surface area contributed by atoms with Gasteiger partial charge in [0.25, 0.3) is 0 Å². The Labute approximate surface area is 154 Å². The average Bonchev–Trinajstić information content (AvgIpc) is 2.69. The smallest absolute Gasteiger partial charge is 0.199 e. The van der Waals surface area contributed by atoms with Gasteiger partial charge < -0.3 is 24.4 Å². The zero-order valence-corrected chi connectivity index (χ0v) is 15.1. The molecule has 0 spiro atoms. The fourth-order valence-electron chi connectivity index (χ4n) is 3.11. The SMILES string of the molecule is COc1ccc(CC(O)CO)cc1-c1ccc(OC2CCCCO2)cc1. The van der Waals surface area contributed by atoms with Gasteiger partial charge in [-0.2, -0.15) is 0 Å². The van der Waals surface area contributed by atoms with Crippen LogP contribution in [0.25, 0.3) is 11.1 Å². The summed E-state index contributed by atoms with van der Waals surface area (Å²) in [5, 5.41) is 18.7. The first-order valence-corrected chi connectivity index (χ1v) is 9.04. The minimum Gasteiger partial charge on any atom is -0.496 e. The molecule has 0 aromatic heterocycles. The summed E-state index contributed by atoms with van der Waals surface area (Å²) in [6.07, 6.45) is 2.63. The van der Waals surface area contributed by atoms with E-state index in [-0.39, 0.29) is 12.9 Å². The Morgan fingerprint density at radius 2 is 1.96 bits per heavy atom. The van der Waals surface area contributed by atoms with Crippen LogP contribution in [0.15, 0.2) is 42.5 Å². The van der Waals surface area contributed by atoms with Gasteiger partial charge in [0.1, 0.15) is 11.5 Å². The third-order valence-corrected chi connectivity index (χ3v) is 4.52. The maximum absolute atomic E-state index is 9.68. The van der Waals surface area contributed by atoms with E-state index in [1.807, 2.05) is 42.5 Å². The number of aliphatic hydroxyl groups excluding tert-OH is 2. The standard InChI is InChI=1S/C21H26O5/c1-24-20-10-5-15(12-17(23)14-22)13-19(20)16-6-8-18(9-7-16)26-21-4-2-3-11-25-21/h5-10,13,17,21-23H,2-4,11-12,14H2,1H3. The molecule has 0 aliphatic carbocycles. The fraction of sp³-hybridized carbons (Fsp3) is 0.429. The summed E-state index contributed by atoms with van der Waals surface area (Å²) < 4.78 is 17.0. The van der Waals surface area contributed by atoms with Crippen LogP contribution in [0, 0.1) is 0 Å². The Kier molecular flexibility index (Phi) is 6.50. The molecule has 1 aliphatic rings. The molecule has 5 heteroatoms. The van der Waals surface area contributed by atoms with Crippen molar-refractivity contribution in [2.45, 2.75) is 38.1 Å². The Morgan fingerprint density at radius 3 is 2.62 bits per heavy atom. The molecule has 1 aliphatic heterocycles. The van der Waals surface area contributed by atoms with Crippen molar-refractivity contribution in [3.8, 4) is 22.6 Å². The molecule has 2 N–H and O–H groups in total. The number of hydrogen-bond acceptors (Lipinski definition) is 5. The predicted molar refractivity (Wildman–Crippen MR) is 99.4 cm³/mol. The molecule has 140 valence electrons. The van der Waals surface area contributed by atoms with E-state index >= 15 is 0 Å². The van der Waals surface area contributed by atoms with E-state index < -0.39 is 6.10 Å². The second-order valence-corrected chi connectivity index (χ2v) is 6.51. The van der Waals surface area contributed by atoms with E-state index in [0.29, 0.717) is 6.42 Å². The number of benzene rings is 2. The first kappa shape index (κ1) is 18.7. The lowest BCUT2D eigenvalue weighted by Crippen LogP contribution is -2.24. The third kappa shape index (κ3) is 4.75. The second kappa shape index (κ2) is 9.03. The van der Waals surface area contributed by atoms with Crippen molar-refractivity contribution >= 4 is 0 Å². The molecule has 1 saturated heterocycles. The summed E-state index contributed by atoms with van der Waals surface area (Å²) >= 11 is 0. The lowest BCUT2D eigenvalue weighted by Gasteiger charge is -2.23. The molecular weight excluding hydrogens is 332 g/mol. The van der Waals surface area contributed by atoms with Gasteiger partial charge in [-0.25, -0.2) is 0 Å². The fourth-order valence-corrected chi connectivity index (χ4v) is 3.11. The molecule has 0 radical (unpaired) electrons. The highest BCUT2D eigenvalue weighted by Crippen LogP contribution is 2.32. The van der Waals surface area contributed by atoms with E-state index in [4.69, 9.17) is 19.3 Å². The number of hydrogen-bond donors (Lipinski definition) is 2. The van der Waals surface area contributed by atoms with Gasteiger partial charge in [0, 0.05) is 18.4 Å². The van der Waals surface area contributed by atoms with Crippen molar-refractivity contribution in [3.05, 3.63) is 48.0 Å². The highest BCUT2D eigenvalue weighted by molar-refractivity contribution is 5.71. The largest absolute Gasteiger partial charge is 0.496 e. The monoisotopic (exact) mass is 358 g/mol. The topological polar surface area (TPSA) is 68.2 Å². The Bertz CT molecular complexity index is 692. The molecule has 2 unspecified atom stereocenters. The highest BCUT2D eigenvalue weighted by Gasteiger charge is 2.15. The van der Waals surface area contributed by atoms with Gasteiger partial charge in [-0.3, -0.25) is 0 Å². The molecule has 5 nitrogen and oxygen atoms in total. The molecule has 0 saturated carbocycles. The number of ether oxygens (including phenoxy) is 3. The van der Waals surface area contributed by atoms with Gasteiger partial charge in [-0.1, -0.05) is 18.2 Å². The van der Waals surface area contributed by atoms with Crippen molar-refractivity contribution in [1.82, 2.24) is 0 Å². The van der Waals surface area contributed by atoms with E-state index in [1.54, 1.807) is 7.11 Å². The van der Waals surface area contributed by atoms with Crippen LogP contribution in [0.1, 0.15) is 24.8 Å². The zero-order chi connectivity index (χ0) is 18.4. The number of rotatable bonds is 7. The van der Waals surface area contributed by atoms with E-state index in [9.17, 15) is 5.11 Å². The van der Waals surface area contributed by atoms with Crippen LogP contribution in [0.4, 0.5) is 0 Å². The van der Waals surface area contributed by atoms with Crippen LogP contribution < -0.4 is 9.47 Å². The summed E-state index contributed by atoms with van der Waals surface area (Å²) in [5.41, 5.74) is 2.88. The van der Waals surface area contributed by atoms with Crippen LogP contribution in [-0.4, -0.2) is 42.9 Å². The van der Waals surface area contributed by atoms with E-state index in [1.165, 1.54) is 0 Å². The van der Waals surface area contributed by atoms with Crippen LogP contribution in [0.2, 0.25) is 0 Å². The van der Waals surface area contributed by atoms with Crippen LogP contribution in [0.5, 0.6) is 11.5 Å². The molecule has 2 aromatic rings. The summed E-state index contributed by atoms with van der Waals surface area (Å²) in [4.78, 5) is 0. The van der Waals surface area contributed by atoms with Gasteiger partial charge >= 0.3 is 0 Å². The Morgan fingerprint density at radius 1 is 1.15 bits per heavy atom. The summed E-state index contributed by atoms with van der Waals surface area (Å²) in [6, 6.07) is 13.6. The van der Waals surface area contributed by atoms with Gasteiger partial charge in [0.05, 0.1) is 26.4 Å². The maximum Gasteiger partial charge on any atom is 0.199 e. The lowest BCUT2D eigenvalue weighted by atomic mass is 9.99. The minimum atomic E-state index is -0.762. The molecule has 3 rings (SSSR count). The van der Waals surface area contributed by atoms with Gasteiger partial charge in [0.2, 0.25) is 0 Å². The molecule has 0 amide bonds. The van der Waals surface area contributed by atoms with Crippen LogP contribution in [0.3, 0.4) is 0 Å². The molecular formula is C21H26O5.